The number of methoxy groups -OCH3 is 1. The molecule has 0 aliphatic rings. The molecule has 1 heterocycles. The zero-order valence-electron chi connectivity index (χ0n) is 13.9. The number of carbonyl (C=O) groups is 2. The molecule has 1 atom stereocenters. The number of rotatable bonds is 9. The number of ether oxygens (including phenoxy) is 1. The van der Waals surface area contributed by atoms with Crippen LogP contribution in [0, 0.1) is 0 Å². The topological polar surface area (TPSA) is 81.2 Å². The average molecular weight is 398 g/mol. The molecule has 0 aliphatic carbocycles. The lowest BCUT2D eigenvalue weighted by atomic mass is 10.1. The van der Waals surface area contributed by atoms with Crippen LogP contribution < -0.4 is 5.32 Å². The maximum atomic E-state index is 12.2. The van der Waals surface area contributed by atoms with E-state index in [2.05, 4.69) is 15.5 Å². The molecule has 0 saturated carbocycles. The van der Waals surface area contributed by atoms with Crippen molar-refractivity contribution < 1.29 is 14.3 Å². The van der Waals surface area contributed by atoms with E-state index in [1.165, 1.54) is 30.2 Å². The SMILES string of the molecule is CCSc1nnc(SCC(=O)NC(Cc2ccccc2)C(=O)OC)s1. The number of nitrogens with one attached hydrogen (secondary N) is 1. The van der Waals surface area contributed by atoms with Crippen molar-refractivity contribution in [2.75, 3.05) is 18.6 Å². The van der Waals surface area contributed by atoms with E-state index in [1.807, 2.05) is 37.3 Å². The first-order valence-corrected chi connectivity index (χ1v) is 10.4. The molecule has 0 spiro atoms. The van der Waals surface area contributed by atoms with E-state index >= 15 is 0 Å². The van der Waals surface area contributed by atoms with Gasteiger partial charge in [-0.3, -0.25) is 4.79 Å². The predicted molar refractivity (Wildman–Crippen MR) is 101 cm³/mol. The Morgan fingerprint density at radius 1 is 1.20 bits per heavy atom. The third-order valence-electron chi connectivity index (χ3n) is 3.09. The molecule has 0 saturated heterocycles. The van der Waals surface area contributed by atoms with E-state index in [-0.39, 0.29) is 11.7 Å². The van der Waals surface area contributed by atoms with Crippen LogP contribution in [-0.4, -0.2) is 46.7 Å². The van der Waals surface area contributed by atoms with E-state index in [0.29, 0.717) is 6.42 Å². The first-order valence-electron chi connectivity index (χ1n) is 7.62. The molecule has 1 aromatic heterocycles. The van der Waals surface area contributed by atoms with Gasteiger partial charge < -0.3 is 10.1 Å². The molecule has 1 unspecified atom stereocenters. The summed E-state index contributed by atoms with van der Waals surface area (Å²) in [5.74, 6) is 0.407. The molecule has 0 aliphatic heterocycles. The Balaban J connectivity index is 1.88. The van der Waals surface area contributed by atoms with Crippen molar-refractivity contribution in [3.63, 3.8) is 0 Å². The molecule has 6 nitrogen and oxygen atoms in total. The van der Waals surface area contributed by atoms with Crippen LogP contribution >= 0.6 is 34.9 Å². The van der Waals surface area contributed by atoms with Gasteiger partial charge >= 0.3 is 5.97 Å². The van der Waals surface area contributed by atoms with Gasteiger partial charge in [-0.15, -0.1) is 10.2 Å². The quantitative estimate of drug-likeness (QED) is 0.514. The number of carbonyl (C=O) groups excluding carboxylic acids is 2. The van der Waals surface area contributed by atoms with Crippen molar-refractivity contribution in [1.29, 1.82) is 0 Å². The van der Waals surface area contributed by atoms with Gasteiger partial charge in [0.1, 0.15) is 6.04 Å². The van der Waals surface area contributed by atoms with Gasteiger partial charge in [0, 0.05) is 6.42 Å². The molecule has 134 valence electrons. The number of nitrogens with zero attached hydrogens (tertiary/aromatic N) is 2. The van der Waals surface area contributed by atoms with E-state index in [1.54, 1.807) is 11.8 Å². The molecule has 0 bridgehead atoms. The Morgan fingerprint density at radius 2 is 1.88 bits per heavy atom. The first kappa shape index (κ1) is 19.7. The van der Waals surface area contributed by atoms with Crippen LogP contribution in [0.15, 0.2) is 39.0 Å². The highest BCUT2D eigenvalue weighted by molar-refractivity contribution is 8.03. The molecule has 0 radical (unpaired) electrons. The highest BCUT2D eigenvalue weighted by atomic mass is 32.2. The molecule has 2 aromatic rings. The van der Waals surface area contributed by atoms with Crippen molar-refractivity contribution in [3.05, 3.63) is 35.9 Å². The van der Waals surface area contributed by atoms with Crippen LogP contribution in [0.4, 0.5) is 0 Å². The summed E-state index contributed by atoms with van der Waals surface area (Å²) in [5.41, 5.74) is 0.955. The average Bonchev–Trinajstić information content (AvgIpc) is 3.07. The Hall–Kier alpha value is -1.58. The third kappa shape index (κ3) is 6.68. The summed E-state index contributed by atoms with van der Waals surface area (Å²) in [5, 5.41) is 10.8. The highest BCUT2D eigenvalue weighted by Gasteiger charge is 2.22. The molecule has 1 amide bonds. The predicted octanol–water partition coefficient (Wildman–Crippen LogP) is 2.64. The van der Waals surface area contributed by atoms with Gasteiger partial charge in [0.15, 0.2) is 8.68 Å². The van der Waals surface area contributed by atoms with Crippen LogP contribution in [0.5, 0.6) is 0 Å². The van der Waals surface area contributed by atoms with Gasteiger partial charge in [-0.1, -0.05) is 72.1 Å². The number of thioether (sulfide) groups is 2. The lowest BCUT2D eigenvalue weighted by Gasteiger charge is -2.16. The minimum absolute atomic E-state index is 0.174. The second kappa shape index (κ2) is 10.4. The molecular formula is C16H19N3O3S3. The maximum absolute atomic E-state index is 12.2. The summed E-state index contributed by atoms with van der Waals surface area (Å²) in [7, 11) is 1.31. The zero-order valence-corrected chi connectivity index (χ0v) is 16.4. The van der Waals surface area contributed by atoms with Crippen molar-refractivity contribution in [1.82, 2.24) is 15.5 Å². The second-order valence-corrected chi connectivity index (χ2v) is 8.60. The minimum atomic E-state index is -0.707. The van der Waals surface area contributed by atoms with Crippen LogP contribution in [-0.2, 0) is 20.7 Å². The normalized spacial score (nSPS) is 11.8. The summed E-state index contributed by atoms with van der Waals surface area (Å²) >= 11 is 4.39. The maximum Gasteiger partial charge on any atom is 0.328 e. The van der Waals surface area contributed by atoms with Gasteiger partial charge in [0.2, 0.25) is 5.91 Å². The summed E-state index contributed by atoms with van der Waals surface area (Å²) < 4.78 is 6.43. The number of benzene rings is 1. The smallest absolute Gasteiger partial charge is 0.328 e. The summed E-state index contributed by atoms with van der Waals surface area (Å²) in [6.07, 6.45) is 0.389. The number of esters is 1. The lowest BCUT2D eigenvalue weighted by molar-refractivity contribution is -0.144. The van der Waals surface area contributed by atoms with E-state index in [0.717, 1.165) is 20.0 Å². The van der Waals surface area contributed by atoms with Gasteiger partial charge in [0.25, 0.3) is 0 Å². The van der Waals surface area contributed by atoms with Gasteiger partial charge in [-0.2, -0.15) is 0 Å². The zero-order chi connectivity index (χ0) is 18.1. The highest BCUT2D eigenvalue weighted by Crippen LogP contribution is 2.28. The number of amides is 1. The fraction of sp³-hybridized carbons (Fsp3) is 0.375. The third-order valence-corrected chi connectivity index (χ3v) is 6.16. The summed E-state index contributed by atoms with van der Waals surface area (Å²) in [4.78, 5) is 24.1. The number of hydrogen-bond acceptors (Lipinski definition) is 8. The number of hydrogen-bond donors (Lipinski definition) is 1. The lowest BCUT2D eigenvalue weighted by Crippen LogP contribution is -2.43. The Kier molecular flexibility index (Phi) is 8.23. The Labute approximate surface area is 159 Å². The largest absolute Gasteiger partial charge is 0.467 e. The van der Waals surface area contributed by atoms with E-state index in [4.69, 9.17) is 4.74 Å². The minimum Gasteiger partial charge on any atom is -0.467 e. The fourth-order valence-corrected chi connectivity index (χ4v) is 4.71. The van der Waals surface area contributed by atoms with E-state index in [9.17, 15) is 9.59 Å². The summed E-state index contributed by atoms with van der Waals surface area (Å²) in [6.45, 7) is 2.05. The van der Waals surface area contributed by atoms with Crippen molar-refractivity contribution in [3.8, 4) is 0 Å². The van der Waals surface area contributed by atoms with E-state index < -0.39 is 12.0 Å². The van der Waals surface area contributed by atoms with Crippen LogP contribution in [0.1, 0.15) is 12.5 Å². The van der Waals surface area contributed by atoms with Crippen LogP contribution in [0.25, 0.3) is 0 Å². The van der Waals surface area contributed by atoms with Gasteiger partial charge in [0.05, 0.1) is 12.9 Å². The molecular weight excluding hydrogens is 378 g/mol. The molecule has 1 aromatic carbocycles. The first-order chi connectivity index (χ1) is 12.1. The second-order valence-electron chi connectivity index (χ2n) is 4.89. The van der Waals surface area contributed by atoms with Crippen molar-refractivity contribution in [2.45, 2.75) is 28.1 Å². The van der Waals surface area contributed by atoms with Crippen LogP contribution in [0.2, 0.25) is 0 Å². The summed E-state index contributed by atoms with van der Waals surface area (Å²) in [6, 6.07) is 8.79. The molecule has 0 fully saturated rings. The monoisotopic (exact) mass is 397 g/mol. The molecule has 2 rings (SSSR count). The van der Waals surface area contributed by atoms with Gasteiger partial charge in [-0.25, -0.2) is 4.79 Å². The Morgan fingerprint density at radius 3 is 2.52 bits per heavy atom. The van der Waals surface area contributed by atoms with Crippen molar-refractivity contribution in [2.24, 2.45) is 0 Å². The standard InChI is InChI=1S/C16H19N3O3S3/c1-3-23-15-18-19-16(25-15)24-10-13(20)17-12(14(21)22-2)9-11-7-5-4-6-8-11/h4-8,12H,3,9-10H2,1-2H3,(H,17,20). The van der Waals surface area contributed by atoms with Crippen LogP contribution in [0.3, 0.4) is 0 Å². The molecule has 25 heavy (non-hydrogen) atoms. The molecule has 9 heteroatoms. The molecule has 1 N–H and O–H groups in total. The van der Waals surface area contributed by atoms with Gasteiger partial charge in [-0.05, 0) is 11.3 Å². The Bertz CT molecular complexity index is 694. The fourth-order valence-electron chi connectivity index (χ4n) is 1.99. The number of aromatic nitrogens is 2. The van der Waals surface area contributed by atoms with Crippen molar-refractivity contribution >= 4 is 46.7 Å².